The number of hydrogen-bond acceptors (Lipinski definition) is 4. The van der Waals surface area contributed by atoms with Gasteiger partial charge in [0.05, 0.1) is 6.33 Å². The van der Waals surface area contributed by atoms with Gasteiger partial charge in [-0.15, -0.1) is 0 Å². The third-order valence-electron chi connectivity index (χ3n) is 2.34. The Balaban J connectivity index is 2.73. The zero-order valence-electron chi connectivity index (χ0n) is 9.06. The number of imidazole rings is 1. The minimum absolute atomic E-state index is 0.0447. The van der Waals surface area contributed by atoms with Crippen molar-refractivity contribution < 1.29 is 4.74 Å². The third kappa shape index (κ3) is 1.45. The van der Waals surface area contributed by atoms with Gasteiger partial charge in [-0.05, 0) is 6.92 Å². The van der Waals surface area contributed by atoms with E-state index in [0.717, 1.165) is 4.57 Å². The molecular weight excluding hydrogens is 212 g/mol. The highest BCUT2D eigenvalue weighted by atomic mass is 16.5. The van der Waals surface area contributed by atoms with Crippen LogP contribution in [0.1, 0.15) is 6.92 Å². The molecule has 7 nitrogen and oxygen atoms in total. The van der Waals surface area contributed by atoms with Crippen LogP contribution in [0, 0.1) is 0 Å². The van der Waals surface area contributed by atoms with Gasteiger partial charge in [0.15, 0.2) is 5.65 Å². The van der Waals surface area contributed by atoms with E-state index in [4.69, 9.17) is 4.74 Å². The second-order valence-electron chi connectivity index (χ2n) is 3.30. The number of fused-ring (bicyclic) bond motifs is 1. The highest BCUT2D eigenvalue weighted by Gasteiger charge is 2.12. The Labute approximate surface area is 90.3 Å². The SMILES string of the molecule is CCOCn1c(=O)c2[nH]cnc2n(C)c1=O. The van der Waals surface area contributed by atoms with Crippen molar-refractivity contribution in [1.82, 2.24) is 19.1 Å². The van der Waals surface area contributed by atoms with E-state index in [1.807, 2.05) is 0 Å². The summed E-state index contributed by atoms with van der Waals surface area (Å²) < 4.78 is 7.42. The van der Waals surface area contributed by atoms with Crippen LogP contribution in [-0.2, 0) is 18.5 Å². The topological polar surface area (TPSA) is 81.9 Å². The summed E-state index contributed by atoms with van der Waals surface area (Å²) in [5, 5.41) is 0. The van der Waals surface area contributed by atoms with Crippen LogP contribution in [0.15, 0.2) is 15.9 Å². The van der Waals surface area contributed by atoms with Gasteiger partial charge in [-0.2, -0.15) is 0 Å². The van der Waals surface area contributed by atoms with Crippen LogP contribution in [0.5, 0.6) is 0 Å². The van der Waals surface area contributed by atoms with Crippen LogP contribution in [0.25, 0.3) is 11.2 Å². The lowest BCUT2D eigenvalue weighted by Gasteiger charge is -2.06. The Kier molecular flexibility index (Phi) is 2.61. The Bertz CT molecular complexity index is 622. The summed E-state index contributed by atoms with van der Waals surface area (Å²) in [7, 11) is 1.56. The van der Waals surface area contributed by atoms with E-state index in [2.05, 4.69) is 9.97 Å². The minimum atomic E-state index is -0.432. The molecular formula is C9H12N4O3. The van der Waals surface area contributed by atoms with Gasteiger partial charge in [-0.3, -0.25) is 9.36 Å². The first kappa shape index (κ1) is 10.6. The van der Waals surface area contributed by atoms with Crippen molar-refractivity contribution in [2.75, 3.05) is 6.61 Å². The molecule has 0 fully saturated rings. The number of rotatable bonds is 3. The molecule has 2 rings (SSSR count). The van der Waals surface area contributed by atoms with E-state index < -0.39 is 11.2 Å². The highest BCUT2D eigenvalue weighted by Crippen LogP contribution is 1.98. The molecule has 2 aromatic rings. The molecule has 0 saturated carbocycles. The number of aromatic nitrogens is 4. The van der Waals surface area contributed by atoms with Gasteiger partial charge in [0, 0.05) is 13.7 Å². The number of nitrogens with one attached hydrogen (secondary N) is 1. The summed E-state index contributed by atoms with van der Waals surface area (Å²) in [5.41, 5.74) is -0.188. The number of H-pyrrole nitrogens is 1. The summed E-state index contributed by atoms with van der Waals surface area (Å²) in [6.07, 6.45) is 1.39. The first-order valence-corrected chi connectivity index (χ1v) is 4.87. The van der Waals surface area contributed by atoms with Gasteiger partial charge >= 0.3 is 5.69 Å². The molecule has 0 aliphatic carbocycles. The fourth-order valence-corrected chi connectivity index (χ4v) is 1.49. The smallest absolute Gasteiger partial charge is 0.334 e. The van der Waals surface area contributed by atoms with Crippen molar-refractivity contribution >= 4 is 11.2 Å². The summed E-state index contributed by atoms with van der Waals surface area (Å²) >= 11 is 0. The van der Waals surface area contributed by atoms with Crippen LogP contribution in [0.2, 0.25) is 0 Å². The molecule has 0 saturated heterocycles. The predicted octanol–water partition coefficient (Wildman–Crippen LogP) is -0.583. The number of aryl methyl sites for hydroxylation is 1. The lowest BCUT2D eigenvalue weighted by molar-refractivity contribution is 0.0818. The number of hydrogen-bond donors (Lipinski definition) is 1. The Hall–Kier alpha value is -1.89. The van der Waals surface area contributed by atoms with Crippen molar-refractivity contribution in [3.63, 3.8) is 0 Å². The molecule has 0 bridgehead atoms. The average Bonchev–Trinajstić information content (AvgIpc) is 2.75. The van der Waals surface area contributed by atoms with Gasteiger partial charge in [-0.25, -0.2) is 14.3 Å². The lowest BCUT2D eigenvalue weighted by atomic mass is 10.5. The van der Waals surface area contributed by atoms with Crippen molar-refractivity contribution in [3.05, 3.63) is 27.2 Å². The van der Waals surface area contributed by atoms with Gasteiger partial charge in [0.2, 0.25) is 0 Å². The Morgan fingerprint density at radius 1 is 1.50 bits per heavy atom. The summed E-state index contributed by atoms with van der Waals surface area (Å²) in [4.78, 5) is 30.3. The van der Waals surface area contributed by atoms with E-state index in [0.29, 0.717) is 17.8 Å². The molecule has 0 aromatic carbocycles. The molecule has 0 spiro atoms. The summed E-state index contributed by atoms with van der Waals surface area (Å²) in [6.45, 7) is 2.19. The average molecular weight is 224 g/mol. The molecule has 7 heteroatoms. The molecule has 0 aliphatic heterocycles. The quantitative estimate of drug-likeness (QED) is 0.756. The normalized spacial score (nSPS) is 11.1. The fraction of sp³-hybridized carbons (Fsp3) is 0.444. The van der Waals surface area contributed by atoms with Gasteiger partial charge in [0.1, 0.15) is 12.2 Å². The largest absolute Gasteiger partial charge is 0.361 e. The van der Waals surface area contributed by atoms with Crippen molar-refractivity contribution in [2.24, 2.45) is 7.05 Å². The summed E-state index contributed by atoms with van der Waals surface area (Å²) in [5.74, 6) is 0. The molecule has 86 valence electrons. The Morgan fingerprint density at radius 3 is 2.94 bits per heavy atom. The maximum atomic E-state index is 11.9. The molecule has 0 atom stereocenters. The van der Waals surface area contributed by atoms with Crippen LogP contribution in [0.4, 0.5) is 0 Å². The van der Waals surface area contributed by atoms with E-state index in [1.165, 1.54) is 10.9 Å². The highest BCUT2D eigenvalue weighted by molar-refractivity contribution is 5.68. The molecule has 0 radical (unpaired) electrons. The standard InChI is InChI=1S/C9H12N4O3/c1-3-16-5-13-8(14)6-7(11-4-10-6)12(2)9(13)15/h4H,3,5H2,1-2H3,(H,10,11). The molecule has 0 unspecified atom stereocenters. The second-order valence-corrected chi connectivity index (χ2v) is 3.30. The molecule has 1 N–H and O–H groups in total. The van der Waals surface area contributed by atoms with Crippen LogP contribution < -0.4 is 11.2 Å². The van der Waals surface area contributed by atoms with E-state index in [1.54, 1.807) is 14.0 Å². The van der Waals surface area contributed by atoms with Crippen molar-refractivity contribution in [3.8, 4) is 0 Å². The monoisotopic (exact) mass is 224 g/mol. The van der Waals surface area contributed by atoms with Crippen LogP contribution in [0.3, 0.4) is 0 Å². The van der Waals surface area contributed by atoms with Gasteiger partial charge in [-0.1, -0.05) is 0 Å². The summed E-state index contributed by atoms with van der Waals surface area (Å²) in [6, 6.07) is 0. The number of aromatic amines is 1. The fourth-order valence-electron chi connectivity index (χ4n) is 1.49. The van der Waals surface area contributed by atoms with Crippen molar-refractivity contribution in [2.45, 2.75) is 13.7 Å². The first-order valence-electron chi connectivity index (χ1n) is 4.87. The first-order chi connectivity index (χ1) is 7.66. The van der Waals surface area contributed by atoms with E-state index >= 15 is 0 Å². The molecule has 2 aromatic heterocycles. The second kappa shape index (κ2) is 3.93. The zero-order chi connectivity index (χ0) is 11.7. The molecule has 0 aliphatic rings. The Morgan fingerprint density at radius 2 is 2.25 bits per heavy atom. The maximum Gasteiger partial charge on any atom is 0.334 e. The van der Waals surface area contributed by atoms with Gasteiger partial charge in [0.25, 0.3) is 5.56 Å². The van der Waals surface area contributed by atoms with E-state index in [9.17, 15) is 9.59 Å². The number of ether oxygens (including phenoxy) is 1. The van der Waals surface area contributed by atoms with Gasteiger partial charge < -0.3 is 9.72 Å². The van der Waals surface area contributed by atoms with E-state index in [-0.39, 0.29) is 6.73 Å². The maximum absolute atomic E-state index is 11.9. The number of nitrogens with zero attached hydrogens (tertiary/aromatic N) is 3. The van der Waals surface area contributed by atoms with Crippen molar-refractivity contribution in [1.29, 1.82) is 0 Å². The lowest BCUT2D eigenvalue weighted by Crippen LogP contribution is -2.39. The predicted molar refractivity (Wildman–Crippen MR) is 57.2 cm³/mol. The minimum Gasteiger partial charge on any atom is -0.361 e. The molecule has 0 amide bonds. The molecule has 2 heterocycles. The van der Waals surface area contributed by atoms with Crippen LogP contribution >= 0.6 is 0 Å². The van der Waals surface area contributed by atoms with Crippen LogP contribution in [-0.4, -0.2) is 25.7 Å². The molecule has 16 heavy (non-hydrogen) atoms. The zero-order valence-corrected chi connectivity index (χ0v) is 9.06. The third-order valence-corrected chi connectivity index (χ3v) is 2.34.